The van der Waals surface area contributed by atoms with Gasteiger partial charge in [0.2, 0.25) is 0 Å². The first-order valence-corrected chi connectivity index (χ1v) is 10.9. The summed E-state index contributed by atoms with van der Waals surface area (Å²) >= 11 is 1.11. The van der Waals surface area contributed by atoms with Gasteiger partial charge in [-0.15, -0.1) is 11.3 Å². The summed E-state index contributed by atoms with van der Waals surface area (Å²) in [6.45, 7) is 4.76. The predicted molar refractivity (Wildman–Crippen MR) is 110 cm³/mol. The van der Waals surface area contributed by atoms with Gasteiger partial charge < -0.3 is 4.90 Å². The van der Waals surface area contributed by atoms with Gasteiger partial charge in [-0.05, 0) is 42.5 Å². The Morgan fingerprint density at radius 3 is 2.80 bits per heavy atom. The van der Waals surface area contributed by atoms with Crippen molar-refractivity contribution in [2.75, 3.05) is 31.1 Å². The number of anilines is 1. The van der Waals surface area contributed by atoms with Crippen molar-refractivity contribution in [2.24, 2.45) is 11.8 Å². The molecule has 2 fully saturated rings. The number of piperidine rings is 1. The molecular weight excluding hydrogens is 411 g/mol. The van der Waals surface area contributed by atoms with E-state index >= 15 is 0 Å². The third kappa shape index (κ3) is 4.13. The Morgan fingerprint density at radius 2 is 2.00 bits per heavy atom. The van der Waals surface area contributed by atoms with Gasteiger partial charge in [0.15, 0.2) is 0 Å². The molecule has 2 atom stereocenters. The van der Waals surface area contributed by atoms with Gasteiger partial charge in [0.05, 0.1) is 11.8 Å². The number of likely N-dealkylation sites (tertiary alicyclic amines) is 1. The van der Waals surface area contributed by atoms with Crippen LogP contribution in [-0.4, -0.2) is 52.2 Å². The van der Waals surface area contributed by atoms with Gasteiger partial charge in [-0.25, -0.2) is 9.97 Å². The molecular formula is C21H22F3N5S. The van der Waals surface area contributed by atoms with Gasteiger partial charge in [-0.2, -0.15) is 13.2 Å². The van der Waals surface area contributed by atoms with Crippen LogP contribution >= 0.6 is 11.3 Å². The molecule has 30 heavy (non-hydrogen) atoms. The molecule has 2 aliphatic rings. The smallest absolute Gasteiger partial charge is 0.355 e. The zero-order valence-electron chi connectivity index (χ0n) is 16.3. The third-order valence-corrected chi connectivity index (χ3v) is 7.09. The molecule has 0 radical (unpaired) electrons. The first kappa shape index (κ1) is 19.7. The van der Waals surface area contributed by atoms with Gasteiger partial charge in [-0.1, -0.05) is 6.07 Å². The predicted octanol–water partition coefficient (Wildman–Crippen LogP) is 4.15. The molecule has 3 aromatic rings. The Morgan fingerprint density at radius 1 is 1.13 bits per heavy atom. The van der Waals surface area contributed by atoms with E-state index in [0.717, 1.165) is 61.7 Å². The second-order valence-electron chi connectivity index (χ2n) is 8.23. The van der Waals surface area contributed by atoms with Crippen LogP contribution in [0, 0.1) is 11.8 Å². The minimum atomic E-state index is -4.21. The monoisotopic (exact) mass is 433 g/mol. The van der Waals surface area contributed by atoms with Crippen molar-refractivity contribution in [3.05, 3.63) is 47.4 Å². The highest BCUT2D eigenvalue weighted by Gasteiger charge is 2.38. The first-order chi connectivity index (χ1) is 14.4. The van der Waals surface area contributed by atoms with Gasteiger partial charge in [0, 0.05) is 43.4 Å². The Labute approximate surface area is 176 Å². The molecule has 9 heteroatoms. The van der Waals surface area contributed by atoms with Crippen LogP contribution in [0.5, 0.6) is 0 Å². The van der Waals surface area contributed by atoms with E-state index in [2.05, 4.69) is 30.8 Å². The van der Waals surface area contributed by atoms with Crippen LogP contribution < -0.4 is 4.90 Å². The van der Waals surface area contributed by atoms with Crippen LogP contribution in [0.2, 0.25) is 0 Å². The molecule has 0 unspecified atom stereocenters. The summed E-state index contributed by atoms with van der Waals surface area (Å²) in [6, 6.07) is 5.69. The molecule has 5 rings (SSSR count). The highest BCUT2D eigenvalue weighted by Crippen LogP contribution is 2.38. The zero-order chi connectivity index (χ0) is 20.7. The van der Waals surface area contributed by atoms with Crippen LogP contribution in [0.1, 0.15) is 16.9 Å². The summed E-state index contributed by atoms with van der Waals surface area (Å²) in [7, 11) is 0. The van der Waals surface area contributed by atoms with Crippen LogP contribution in [0.4, 0.5) is 19.0 Å². The van der Waals surface area contributed by atoms with Crippen molar-refractivity contribution in [1.82, 2.24) is 19.9 Å². The number of fused-ring (bicyclic) bond motifs is 2. The highest BCUT2D eigenvalue weighted by molar-refractivity contribution is 7.18. The van der Waals surface area contributed by atoms with Crippen LogP contribution in [0.3, 0.4) is 0 Å². The minimum absolute atomic E-state index is 0.290. The Bertz CT molecular complexity index is 1020. The number of pyridine rings is 1. The summed E-state index contributed by atoms with van der Waals surface area (Å²) in [6.07, 6.45) is 1.18. The quantitative estimate of drug-likeness (QED) is 0.619. The Kier molecular flexibility index (Phi) is 5.10. The summed E-state index contributed by atoms with van der Waals surface area (Å²) in [5, 5.41) is 0.743. The van der Waals surface area contributed by atoms with E-state index in [1.807, 2.05) is 12.3 Å². The number of rotatable bonds is 4. The van der Waals surface area contributed by atoms with E-state index in [1.54, 1.807) is 12.3 Å². The number of halogens is 3. The van der Waals surface area contributed by atoms with E-state index in [1.165, 1.54) is 11.9 Å². The minimum Gasteiger partial charge on any atom is -0.355 e. The van der Waals surface area contributed by atoms with E-state index in [-0.39, 0.29) is 0 Å². The largest absolute Gasteiger partial charge is 0.393 e. The van der Waals surface area contributed by atoms with E-state index < -0.39 is 12.6 Å². The average molecular weight is 434 g/mol. The molecule has 2 saturated heterocycles. The fourth-order valence-corrected chi connectivity index (χ4v) is 5.76. The molecule has 0 bridgehead atoms. The van der Waals surface area contributed by atoms with E-state index in [9.17, 15) is 13.2 Å². The standard InChI is InChI=1S/C21H22F3N5S/c22-21(23,24)7-17-6-18-19(26-13-27-20(18)30-17)29-11-15-3-5-28(10-16(15)12-29)9-14-2-1-4-25-8-14/h1-2,4,6,8,13,15-16H,3,5,7,9-12H2/t15-,16+/m0/s1. The van der Waals surface area contributed by atoms with Crippen molar-refractivity contribution >= 4 is 27.4 Å². The maximum Gasteiger partial charge on any atom is 0.393 e. The lowest BCUT2D eigenvalue weighted by Crippen LogP contribution is -2.39. The van der Waals surface area contributed by atoms with Crippen LogP contribution in [-0.2, 0) is 13.0 Å². The lowest BCUT2D eigenvalue weighted by molar-refractivity contribution is -0.126. The molecule has 0 aliphatic carbocycles. The molecule has 158 valence electrons. The highest BCUT2D eigenvalue weighted by atomic mass is 32.1. The number of hydrogen-bond donors (Lipinski definition) is 0. The maximum atomic E-state index is 12.8. The van der Waals surface area contributed by atoms with Crippen molar-refractivity contribution < 1.29 is 13.2 Å². The second kappa shape index (κ2) is 7.77. The molecule has 0 spiro atoms. The fraction of sp³-hybridized carbons (Fsp3) is 0.476. The lowest BCUT2D eigenvalue weighted by atomic mass is 9.88. The summed E-state index contributed by atoms with van der Waals surface area (Å²) in [4.78, 5) is 18.5. The molecule has 2 aliphatic heterocycles. The molecule has 5 heterocycles. The zero-order valence-corrected chi connectivity index (χ0v) is 17.2. The summed E-state index contributed by atoms with van der Waals surface area (Å²) in [5.41, 5.74) is 1.22. The van der Waals surface area contributed by atoms with E-state index in [0.29, 0.717) is 21.5 Å². The number of alkyl halides is 3. The van der Waals surface area contributed by atoms with Crippen LogP contribution in [0.15, 0.2) is 36.9 Å². The molecule has 0 aromatic carbocycles. The van der Waals surface area contributed by atoms with Gasteiger partial charge in [-0.3, -0.25) is 9.88 Å². The Balaban J connectivity index is 1.31. The lowest BCUT2D eigenvalue weighted by Gasteiger charge is -2.34. The number of hydrogen-bond acceptors (Lipinski definition) is 6. The normalized spacial score (nSPS) is 22.6. The van der Waals surface area contributed by atoms with Crippen molar-refractivity contribution in [1.29, 1.82) is 0 Å². The topological polar surface area (TPSA) is 45.2 Å². The SMILES string of the molecule is FC(F)(F)Cc1cc2c(N3C[C@H]4CN(Cc5cccnc5)CC[C@H]4C3)ncnc2s1. The summed E-state index contributed by atoms with van der Waals surface area (Å²) < 4.78 is 38.5. The van der Waals surface area contributed by atoms with Crippen molar-refractivity contribution in [3.8, 4) is 0 Å². The molecule has 3 aromatic heterocycles. The Hall–Kier alpha value is -2.26. The maximum absolute atomic E-state index is 12.8. The number of nitrogens with zero attached hydrogens (tertiary/aromatic N) is 5. The van der Waals surface area contributed by atoms with Gasteiger partial charge in [0.25, 0.3) is 0 Å². The molecule has 5 nitrogen and oxygen atoms in total. The second-order valence-corrected chi connectivity index (χ2v) is 9.35. The fourth-order valence-electron chi connectivity index (χ4n) is 4.74. The van der Waals surface area contributed by atoms with Crippen molar-refractivity contribution in [2.45, 2.75) is 25.6 Å². The van der Waals surface area contributed by atoms with Crippen molar-refractivity contribution in [3.63, 3.8) is 0 Å². The molecule has 0 saturated carbocycles. The average Bonchev–Trinajstić information content (AvgIpc) is 3.30. The van der Waals surface area contributed by atoms with E-state index in [4.69, 9.17) is 0 Å². The first-order valence-electron chi connectivity index (χ1n) is 10.1. The third-order valence-electron chi connectivity index (χ3n) is 6.05. The van der Waals surface area contributed by atoms with Gasteiger partial charge >= 0.3 is 6.18 Å². The number of thiophene rings is 1. The molecule has 0 N–H and O–H groups in total. The van der Waals surface area contributed by atoms with Crippen LogP contribution in [0.25, 0.3) is 10.2 Å². The molecule has 0 amide bonds. The number of aromatic nitrogens is 3. The van der Waals surface area contributed by atoms with Gasteiger partial charge in [0.1, 0.15) is 17.0 Å². The summed E-state index contributed by atoms with van der Waals surface area (Å²) in [5.74, 6) is 1.90.